The predicted molar refractivity (Wildman–Crippen MR) is 79.6 cm³/mol. The molecule has 22 heavy (non-hydrogen) atoms. The highest BCUT2D eigenvalue weighted by molar-refractivity contribution is 6.44. The third-order valence-corrected chi connectivity index (χ3v) is 2.85. The Morgan fingerprint density at radius 1 is 1.14 bits per heavy atom. The first kappa shape index (κ1) is 15.4. The Morgan fingerprint density at radius 3 is 2.50 bits per heavy atom. The first-order chi connectivity index (χ1) is 10.5. The minimum absolute atomic E-state index is 0.0305. The molecular formula is C13H9ClN4O4. The Hall–Kier alpha value is -3.00. The molecule has 8 nitrogen and oxygen atoms in total. The van der Waals surface area contributed by atoms with Gasteiger partial charge in [-0.15, -0.1) is 0 Å². The van der Waals surface area contributed by atoms with E-state index in [1.54, 1.807) is 12.1 Å². The Balaban J connectivity index is 2.10. The van der Waals surface area contributed by atoms with Crippen LogP contribution >= 0.6 is 11.6 Å². The van der Waals surface area contributed by atoms with Gasteiger partial charge in [-0.3, -0.25) is 19.7 Å². The fraction of sp³-hybridized carbons (Fsp3) is 0. The van der Waals surface area contributed by atoms with E-state index in [4.69, 9.17) is 11.6 Å². The van der Waals surface area contributed by atoms with Crippen LogP contribution in [0.15, 0.2) is 42.6 Å². The van der Waals surface area contributed by atoms with Gasteiger partial charge in [0.2, 0.25) is 0 Å². The third-order valence-electron chi connectivity index (χ3n) is 2.52. The SMILES string of the molecule is O=C(Nc1ccccn1)C(=O)Nc1cc([N+](=O)[O-])ccc1Cl. The number of aromatic nitrogens is 1. The summed E-state index contributed by atoms with van der Waals surface area (Å²) in [5.41, 5.74) is -0.290. The van der Waals surface area contributed by atoms with E-state index >= 15 is 0 Å². The highest BCUT2D eigenvalue weighted by atomic mass is 35.5. The zero-order chi connectivity index (χ0) is 16.1. The molecule has 2 rings (SSSR count). The molecular weight excluding hydrogens is 312 g/mol. The van der Waals surface area contributed by atoms with Crippen LogP contribution in [0.3, 0.4) is 0 Å². The molecule has 2 aromatic rings. The van der Waals surface area contributed by atoms with E-state index in [2.05, 4.69) is 15.6 Å². The largest absolute Gasteiger partial charge is 0.316 e. The number of amides is 2. The maximum absolute atomic E-state index is 11.8. The molecule has 1 heterocycles. The number of nitrogens with one attached hydrogen (secondary N) is 2. The summed E-state index contributed by atoms with van der Waals surface area (Å²) in [5, 5.41) is 15.3. The van der Waals surface area contributed by atoms with E-state index in [9.17, 15) is 19.7 Å². The van der Waals surface area contributed by atoms with Crippen molar-refractivity contribution in [2.45, 2.75) is 0 Å². The molecule has 0 saturated carbocycles. The molecule has 0 atom stereocenters. The fourth-order valence-corrected chi connectivity index (χ4v) is 1.68. The second-order valence-electron chi connectivity index (χ2n) is 4.04. The van der Waals surface area contributed by atoms with Crippen LogP contribution in [-0.2, 0) is 9.59 Å². The van der Waals surface area contributed by atoms with Crippen molar-refractivity contribution in [3.05, 3.63) is 57.7 Å². The molecule has 2 N–H and O–H groups in total. The first-order valence-corrected chi connectivity index (χ1v) is 6.32. The molecule has 1 aromatic heterocycles. The summed E-state index contributed by atoms with van der Waals surface area (Å²) in [5.74, 6) is -1.79. The first-order valence-electron chi connectivity index (χ1n) is 5.94. The van der Waals surface area contributed by atoms with E-state index in [-0.39, 0.29) is 22.2 Å². The molecule has 1 aromatic carbocycles. The average Bonchev–Trinajstić information content (AvgIpc) is 2.50. The van der Waals surface area contributed by atoms with Crippen LogP contribution in [0.25, 0.3) is 0 Å². The summed E-state index contributed by atoms with van der Waals surface area (Å²) in [7, 11) is 0. The molecule has 0 unspecified atom stereocenters. The van der Waals surface area contributed by atoms with Gasteiger partial charge in [0.1, 0.15) is 5.82 Å². The Kier molecular flexibility index (Phi) is 4.64. The number of anilines is 2. The molecule has 9 heteroatoms. The normalized spacial score (nSPS) is 9.86. The number of pyridine rings is 1. The Bertz CT molecular complexity index is 736. The summed E-state index contributed by atoms with van der Waals surface area (Å²) in [6.45, 7) is 0. The van der Waals surface area contributed by atoms with Gasteiger partial charge in [0, 0.05) is 18.3 Å². The summed E-state index contributed by atoms with van der Waals surface area (Å²) >= 11 is 5.83. The van der Waals surface area contributed by atoms with Crippen LogP contribution in [0, 0.1) is 10.1 Å². The quantitative estimate of drug-likeness (QED) is 0.511. The molecule has 0 spiro atoms. The van der Waals surface area contributed by atoms with Crippen molar-refractivity contribution in [1.82, 2.24) is 4.98 Å². The number of hydrogen-bond donors (Lipinski definition) is 2. The van der Waals surface area contributed by atoms with E-state index in [0.29, 0.717) is 0 Å². The van der Waals surface area contributed by atoms with Crippen LogP contribution in [0.2, 0.25) is 5.02 Å². The third kappa shape index (κ3) is 3.76. The fourth-order valence-electron chi connectivity index (χ4n) is 1.51. The highest BCUT2D eigenvalue weighted by Crippen LogP contribution is 2.26. The number of benzene rings is 1. The second kappa shape index (κ2) is 6.64. The number of hydrogen-bond acceptors (Lipinski definition) is 5. The molecule has 0 saturated heterocycles. The van der Waals surface area contributed by atoms with Gasteiger partial charge < -0.3 is 10.6 Å². The molecule has 0 radical (unpaired) electrons. The minimum atomic E-state index is -1.02. The van der Waals surface area contributed by atoms with Crippen LogP contribution in [-0.4, -0.2) is 21.7 Å². The molecule has 0 fully saturated rings. The van der Waals surface area contributed by atoms with Crippen molar-refractivity contribution < 1.29 is 14.5 Å². The van der Waals surface area contributed by atoms with E-state index in [1.165, 1.54) is 24.4 Å². The average molecular weight is 321 g/mol. The van der Waals surface area contributed by atoms with Crippen molar-refractivity contribution >= 4 is 40.6 Å². The Labute approximate surface area is 129 Å². The predicted octanol–water partition coefficient (Wildman–Crippen LogP) is 2.22. The van der Waals surface area contributed by atoms with Crippen LogP contribution < -0.4 is 10.6 Å². The number of nitrogens with zero attached hydrogens (tertiary/aromatic N) is 2. The van der Waals surface area contributed by atoms with E-state index in [0.717, 1.165) is 6.07 Å². The molecule has 0 aliphatic carbocycles. The number of nitro benzene ring substituents is 1. The van der Waals surface area contributed by atoms with Crippen LogP contribution in [0.1, 0.15) is 0 Å². The highest BCUT2D eigenvalue weighted by Gasteiger charge is 2.17. The molecule has 2 amide bonds. The van der Waals surface area contributed by atoms with Gasteiger partial charge in [0.05, 0.1) is 15.6 Å². The summed E-state index contributed by atoms with van der Waals surface area (Å²) in [6.07, 6.45) is 1.45. The van der Waals surface area contributed by atoms with Gasteiger partial charge in [0.25, 0.3) is 5.69 Å². The van der Waals surface area contributed by atoms with Gasteiger partial charge in [-0.25, -0.2) is 4.98 Å². The lowest BCUT2D eigenvalue weighted by Crippen LogP contribution is -2.29. The van der Waals surface area contributed by atoms with Crippen molar-refractivity contribution in [1.29, 1.82) is 0 Å². The standard InChI is InChI=1S/C13H9ClN4O4/c14-9-5-4-8(18(21)22)7-10(9)16-12(19)13(20)17-11-3-1-2-6-15-11/h1-7H,(H,16,19)(H,15,17,20). The Morgan fingerprint density at radius 2 is 1.86 bits per heavy atom. The van der Waals surface area contributed by atoms with Gasteiger partial charge in [-0.1, -0.05) is 17.7 Å². The number of nitro groups is 1. The maximum Gasteiger partial charge on any atom is 0.315 e. The molecule has 112 valence electrons. The van der Waals surface area contributed by atoms with Crippen molar-refractivity contribution in [2.75, 3.05) is 10.6 Å². The topological polar surface area (TPSA) is 114 Å². The molecule has 0 aliphatic rings. The summed E-state index contributed by atoms with van der Waals surface area (Å²) in [4.78, 5) is 37.4. The number of carbonyl (C=O) groups excluding carboxylic acids is 2. The minimum Gasteiger partial charge on any atom is -0.316 e. The van der Waals surface area contributed by atoms with Gasteiger partial charge >= 0.3 is 11.8 Å². The number of halogens is 1. The number of non-ortho nitro benzene ring substituents is 1. The molecule has 0 bridgehead atoms. The number of rotatable bonds is 3. The second-order valence-corrected chi connectivity index (χ2v) is 4.45. The summed E-state index contributed by atoms with van der Waals surface area (Å²) < 4.78 is 0. The lowest BCUT2D eigenvalue weighted by Gasteiger charge is -2.07. The van der Waals surface area contributed by atoms with Crippen LogP contribution in [0.5, 0.6) is 0 Å². The lowest BCUT2D eigenvalue weighted by atomic mass is 10.2. The molecule has 0 aliphatic heterocycles. The zero-order valence-electron chi connectivity index (χ0n) is 10.9. The van der Waals surface area contributed by atoms with Crippen molar-refractivity contribution in [3.63, 3.8) is 0 Å². The monoisotopic (exact) mass is 320 g/mol. The lowest BCUT2D eigenvalue weighted by molar-refractivity contribution is -0.384. The van der Waals surface area contributed by atoms with Crippen molar-refractivity contribution in [3.8, 4) is 0 Å². The van der Waals surface area contributed by atoms with E-state index in [1.807, 2.05) is 0 Å². The van der Waals surface area contributed by atoms with E-state index < -0.39 is 16.7 Å². The maximum atomic E-state index is 11.8. The summed E-state index contributed by atoms with van der Waals surface area (Å²) in [6, 6.07) is 8.30. The van der Waals surface area contributed by atoms with Crippen LogP contribution in [0.4, 0.5) is 17.2 Å². The van der Waals surface area contributed by atoms with Gasteiger partial charge in [-0.2, -0.15) is 0 Å². The number of carbonyl (C=O) groups is 2. The van der Waals surface area contributed by atoms with Gasteiger partial charge in [-0.05, 0) is 18.2 Å². The van der Waals surface area contributed by atoms with Crippen molar-refractivity contribution in [2.24, 2.45) is 0 Å². The van der Waals surface area contributed by atoms with Gasteiger partial charge in [0.15, 0.2) is 0 Å². The zero-order valence-corrected chi connectivity index (χ0v) is 11.7. The smallest absolute Gasteiger partial charge is 0.315 e.